The lowest BCUT2D eigenvalue weighted by Gasteiger charge is -2.07. The normalized spacial score (nSPS) is 10.3. The van der Waals surface area contributed by atoms with E-state index in [1.54, 1.807) is 0 Å². The van der Waals surface area contributed by atoms with Crippen LogP contribution in [0.25, 0.3) is 11.1 Å². The highest BCUT2D eigenvalue weighted by Crippen LogP contribution is 2.25. The molecule has 2 nitrogen and oxygen atoms in total. The number of aliphatic carboxylic acids is 1. The Morgan fingerprint density at radius 3 is 2.33 bits per heavy atom. The van der Waals surface area contributed by atoms with E-state index in [4.69, 9.17) is 16.7 Å². The summed E-state index contributed by atoms with van der Waals surface area (Å²) in [7, 11) is 0. The lowest BCUT2D eigenvalue weighted by molar-refractivity contribution is -0.136. The van der Waals surface area contributed by atoms with Gasteiger partial charge in [0.25, 0.3) is 0 Å². The molecule has 0 fully saturated rings. The van der Waals surface area contributed by atoms with Crippen LogP contribution < -0.4 is 0 Å². The van der Waals surface area contributed by atoms with Crippen molar-refractivity contribution < 1.29 is 9.90 Å². The van der Waals surface area contributed by atoms with Gasteiger partial charge in [-0.3, -0.25) is 4.79 Å². The van der Waals surface area contributed by atoms with Crippen LogP contribution >= 0.6 is 11.6 Å². The molecule has 0 aromatic heterocycles. The summed E-state index contributed by atoms with van der Waals surface area (Å²) in [6, 6.07) is 15.5. The third-order valence-electron chi connectivity index (χ3n) is 2.78. The molecule has 2 aromatic rings. The lowest BCUT2D eigenvalue weighted by atomic mass is 9.99. The Kier molecular flexibility index (Phi) is 4.00. The number of alkyl halides is 1. The molecule has 0 unspecified atom stereocenters. The van der Waals surface area contributed by atoms with Crippen LogP contribution in [-0.2, 0) is 17.1 Å². The molecule has 0 aliphatic heterocycles. The zero-order valence-electron chi connectivity index (χ0n) is 9.77. The molecular formula is C15H13ClO2. The molecule has 0 amide bonds. The molecule has 92 valence electrons. The predicted molar refractivity (Wildman–Crippen MR) is 72.8 cm³/mol. The van der Waals surface area contributed by atoms with Crippen LogP contribution in [0.1, 0.15) is 11.1 Å². The van der Waals surface area contributed by atoms with Gasteiger partial charge in [-0.05, 0) is 22.3 Å². The second-order valence-electron chi connectivity index (χ2n) is 4.06. The molecule has 0 aliphatic carbocycles. The summed E-state index contributed by atoms with van der Waals surface area (Å²) in [5.41, 5.74) is 4.02. The van der Waals surface area contributed by atoms with E-state index in [1.165, 1.54) is 0 Å². The Labute approximate surface area is 111 Å². The Hall–Kier alpha value is -1.80. The van der Waals surface area contributed by atoms with E-state index in [1.807, 2.05) is 48.5 Å². The fraction of sp³-hybridized carbons (Fsp3) is 0.133. The maximum atomic E-state index is 10.6. The fourth-order valence-electron chi connectivity index (χ4n) is 1.90. The largest absolute Gasteiger partial charge is 0.481 e. The lowest BCUT2D eigenvalue weighted by Crippen LogP contribution is -1.99. The second-order valence-corrected chi connectivity index (χ2v) is 4.33. The van der Waals surface area contributed by atoms with Crippen LogP contribution in [0.2, 0.25) is 0 Å². The molecule has 0 radical (unpaired) electrons. The quantitative estimate of drug-likeness (QED) is 0.851. The number of carboxylic acid groups (broad SMARTS) is 1. The van der Waals surface area contributed by atoms with Crippen molar-refractivity contribution in [1.29, 1.82) is 0 Å². The first-order chi connectivity index (χ1) is 8.70. The first-order valence-electron chi connectivity index (χ1n) is 5.65. The first-order valence-corrected chi connectivity index (χ1v) is 6.19. The number of hydrogen-bond acceptors (Lipinski definition) is 1. The number of halogens is 1. The van der Waals surface area contributed by atoms with Crippen molar-refractivity contribution in [1.82, 2.24) is 0 Å². The molecule has 18 heavy (non-hydrogen) atoms. The van der Waals surface area contributed by atoms with Gasteiger partial charge >= 0.3 is 5.97 Å². The second kappa shape index (κ2) is 5.69. The smallest absolute Gasteiger partial charge is 0.307 e. The third-order valence-corrected chi connectivity index (χ3v) is 3.07. The average molecular weight is 261 g/mol. The molecule has 2 rings (SSSR count). The van der Waals surface area contributed by atoms with Gasteiger partial charge in [0.2, 0.25) is 0 Å². The molecule has 0 saturated heterocycles. The van der Waals surface area contributed by atoms with Crippen LogP contribution in [0.4, 0.5) is 0 Å². The summed E-state index contributed by atoms with van der Waals surface area (Å²) in [4.78, 5) is 10.6. The molecule has 0 atom stereocenters. The summed E-state index contributed by atoms with van der Waals surface area (Å²) in [6.45, 7) is 0. The predicted octanol–water partition coefficient (Wildman–Crippen LogP) is 3.72. The van der Waals surface area contributed by atoms with Crippen LogP contribution in [0.5, 0.6) is 0 Å². The standard InChI is InChI=1S/C15H13ClO2/c16-10-13-3-1-2-4-14(13)12-7-5-11(6-8-12)9-15(17)18/h1-8H,9-10H2,(H,17,18). The van der Waals surface area contributed by atoms with Crippen LogP contribution in [-0.4, -0.2) is 11.1 Å². The van der Waals surface area contributed by atoms with Crippen molar-refractivity contribution in [2.75, 3.05) is 0 Å². The van der Waals surface area contributed by atoms with Crippen LogP contribution in [0.15, 0.2) is 48.5 Å². The molecule has 3 heteroatoms. The average Bonchev–Trinajstić information content (AvgIpc) is 2.39. The number of hydrogen-bond donors (Lipinski definition) is 1. The van der Waals surface area contributed by atoms with Gasteiger partial charge < -0.3 is 5.11 Å². The summed E-state index contributed by atoms with van der Waals surface area (Å²) >= 11 is 5.90. The van der Waals surface area contributed by atoms with E-state index in [9.17, 15) is 4.79 Å². The summed E-state index contributed by atoms with van der Waals surface area (Å²) in [5.74, 6) is -0.350. The Morgan fingerprint density at radius 2 is 1.72 bits per heavy atom. The SMILES string of the molecule is O=C(O)Cc1ccc(-c2ccccc2CCl)cc1. The van der Waals surface area contributed by atoms with Crippen molar-refractivity contribution in [3.05, 3.63) is 59.7 Å². The van der Waals surface area contributed by atoms with Gasteiger partial charge in [-0.25, -0.2) is 0 Å². The van der Waals surface area contributed by atoms with Gasteiger partial charge in [0, 0.05) is 5.88 Å². The third kappa shape index (κ3) is 2.90. The topological polar surface area (TPSA) is 37.3 Å². The van der Waals surface area contributed by atoms with E-state index < -0.39 is 5.97 Å². The molecule has 0 aliphatic rings. The molecule has 0 heterocycles. The minimum Gasteiger partial charge on any atom is -0.481 e. The van der Waals surface area contributed by atoms with E-state index in [-0.39, 0.29) is 6.42 Å². The van der Waals surface area contributed by atoms with Crippen molar-refractivity contribution in [2.45, 2.75) is 12.3 Å². The van der Waals surface area contributed by atoms with Gasteiger partial charge in [-0.2, -0.15) is 0 Å². The highest BCUT2D eigenvalue weighted by atomic mass is 35.5. The number of carbonyl (C=O) groups is 1. The molecule has 0 spiro atoms. The van der Waals surface area contributed by atoms with Gasteiger partial charge in [-0.15, -0.1) is 11.6 Å². The molecule has 2 aromatic carbocycles. The summed E-state index contributed by atoms with van der Waals surface area (Å²) < 4.78 is 0. The Morgan fingerprint density at radius 1 is 1.06 bits per heavy atom. The van der Waals surface area contributed by atoms with Gasteiger partial charge in [0.1, 0.15) is 0 Å². The summed E-state index contributed by atoms with van der Waals surface area (Å²) in [6.07, 6.45) is 0.0530. The van der Waals surface area contributed by atoms with E-state index >= 15 is 0 Å². The number of rotatable bonds is 4. The Bertz CT molecular complexity index is 547. The van der Waals surface area contributed by atoms with Crippen molar-refractivity contribution in [3.63, 3.8) is 0 Å². The monoisotopic (exact) mass is 260 g/mol. The van der Waals surface area contributed by atoms with Crippen LogP contribution in [0, 0.1) is 0 Å². The molecule has 0 saturated carbocycles. The molecule has 0 bridgehead atoms. The first kappa shape index (κ1) is 12.7. The summed E-state index contributed by atoms with van der Waals surface area (Å²) in [5, 5.41) is 8.72. The maximum absolute atomic E-state index is 10.6. The van der Waals surface area contributed by atoms with Crippen molar-refractivity contribution in [2.24, 2.45) is 0 Å². The van der Waals surface area contributed by atoms with Crippen molar-refractivity contribution >= 4 is 17.6 Å². The Balaban J connectivity index is 2.31. The van der Waals surface area contributed by atoms with Gasteiger partial charge in [-0.1, -0.05) is 48.5 Å². The molecular weight excluding hydrogens is 248 g/mol. The minimum absolute atomic E-state index is 0.0530. The fourth-order valence-corrected chi connectivity index (χ4v) is 2.13. The van der Waals surface area contributed by atoms with Gasteiger partial charge in [0.15, 0.2) is 0 Å². The highest BCUT2D eigenvalue weighted by Gasteiger charge is 2.04. The van der Waals surface area contributed by atoms with E-state index in [2.05, 4.69) is 0 Å². The van der Waals surface area contributed by atoms with Gasteiger partial charge in [0.05, 0.1) is 6.42 Å². The van der Waals surface area contributed by atoms with E-state index in [0.717, 1.165) is 22.3 Å². The van der Waals surface area contributed by atoms with Crippen LogP contribution in [0.3, 0.4) is 0 Å². The zero-order chi connectivity index (χ0) is 13.0. The zero-order valence-corrected chi connectivity index (χ0v) is 10.5. The van der Waals surface area contributed by atoms with Crippen molar-refractivity contribution in [3.8, 4) is 11.1 Å². The maximum Gasteiger partial charge on any atom is 0.307 e. The number of benzene rings is 2. The number of carboxylic acids is 1. The minimum atomic E-state index is -0.816. The van der Waals surface area contributed by atoms with E-state index in [0.29, 0.717) is 5.88 Å². The molecule has 1 N–H and O–H groups in total. The highest BCUT2D eigenvalue weighted by molar-refractivity contribution is 6.17.